The number of unbranched alkanes of at least 4 members (excludes halogenated alkanes) is 3. The molecule has 2 aliphatic heterocycles. The Kier molecular flexibility index (Phi) is 12.6. The van der Waals surface area contributed by atoms with Crippen molar-refractivity contribution in [3.8, 4) is 0 Å². The summed E-state index contributed by atoms with van der Waals surface area (Å²) < 4.78 is 24.7. The van der Waals surface area contributed by atoms with Crippen molar-refractivity contribution in [3.05, 3.63) is 52.6 Å². The lowest BCUT2D eigenvalue weighted by atomic mass is 9.61. The van der Waals surface area contributed by atoms with Crippen molar-refractivity contribution in [2.24, 2.45) is 23.2 Å². The van der Waals surface area contributed by atoms with Crippen molar-refractivity contribution >= 4 is 44.0 Å². The molecule has 0 spiro atoms. The average molecular weight is 723 g/mol. The predicted octanol–water partition coefficient (Wildman–Crippen LogP) is 6.94. The average Bonchev–Trinajstić information content (AvgIpc) is 3.47. The number of fused-ring (bicyclic) bond motifs is 1. The van der Waals surface area contributed by atoms with Crippen molar-refractivity contribution < 1.29 is 47.4 Å². The molecule has 0 saturated carbocycles. The van der Waals surface area contributed by atoms with E-state index in [1.165, 1.54) is 6.92 Å². The van der Waals surface area contributed by atoms with E-state index < -0.39 is 61.2 Å². The number of ketones is 2. The number of carbonyl (C=O) groups is 5. The van der Waals surface area contributed by atoms with Crippen molar-refractivity contribution in [3.63, 3.8) is 0 Å². The van der Waals surface area contributed by atoms with Gasteiger partial charge in [-0.25, -0.2) is 9.59 Å². The van der Waals surface area contributed by atoms with E-state index in [0.717, 1.165) is 31.9 Å². The summed E-state index contributed by atoms with van der Waals surface area (Å²) in [5, 5.41) is -0.220. The first kappa shape index (κ1) is 40.2. The van der Waals surface area contributed by atoms with E-state index in [4.69, 9.17) is 18.6 Å². The van der Waals surface area contributed by atoms with Gasteiger partial charge in [-0.05, 0) is 82.3 Å². The molecule has 4 rings (SSSR count). The highest BCUT2D eigenvalue weighted by molar-refractivity contribution is 6.74. The van der Waals surface area contributed by atoms with E-state index in [9.17, 15) is 29.5 Å². The third-order valence-corrected chi connectivity index (χ3v) is 15.9. The second-order valence-electron chi connectivity index (χ2n) is 15.8. The van der Waals surface area contributed by atoms with Crippen LogP contribution in [0.4, 0.5) is 0 Å². The first-order valence-corrected chi connectivity index (χ1v) is 21.1. The topological polar surface area (TPSA) is 159 Å². The Morgan fingerprint density at radius 3 is 2.39 bits per heavy atom. The predicted molar refractivity (Wildman–Crippen MR) is 193 cm³/mol. The van der Waals surface area contributed by atoms with Crippen LogP contribution in [0.5, 0.6) is 0 Å². The quantitative estimate of drug-likeness (QED) is 0.0227. The Bertz CT molecular complexity index is 1590. The van der Waals surface area contributed by atoms with Crippen LogP contribution >= 0.6 is 0 Å². The van der Waals surface area contributed by atoms with Gasteiger partial charge in [0.05, 0.1) is 29.1 Å². The molecule has 0 aromatic carbocycles. The van der Waals surface area contributed by atoms with Gasteiger partial charge >= 0.3 is 24.1 Å². The van der Waals surface area contributed by atoms with Crippen molar-refractivity contribution in [1.29, 1.82) is 0 Å². The molecule has 0 aromatic heterocycles. The van der Waals surface area contributed by atoms with Crippen molar-refractivity contribution in [2.45, 2.75) is 129 Å². The van der Waals surface area contributed by atoms with E-state index in [2.05, 4.69) is 44.7 Å². The van der Waals surface area contributed by atoms with Crippen LogP contribution in [0.2, 0.25) is 18.1 Å². The summed E-state index contributed by atoms with van der Waals surface area (Å²) in [7, 11) is -2.54. The highest BCUT2D eigenvalue weighted by atomic mass is 28.4. The summed E-state index contributed by atoms with van der Waals surface area (Å²) in [5.74, 6) is -7.19. The summed E-state index contributed by atoms with van der Waals surface area (Å²) in [6.45, 7) is 15.3. The van der Waals surface area contributed by atoms with Gasteiger partial charge in [0.2, 0.25) is 11.6 Å². The molecule has 278 valence electrons. The van der Waals surface area contributed by atoms with Crippen LogP contribution < -0.4 is 0 Å². The van der Waals surface area contributed by atoms with E-state index in [1.807, 2.05) is 38.2 Å². The fourth-order valence-corrected chi connectivity index (χ4v) is 9.18. The Labute approximate surface area is 302 Å². The number of cyclic esters (lactones) is 2. The molecule has 4 bridgehead atoms. The number of carbonyl (C=O) groups excluding carboxylic acids is 5. The van der Waals surface area contributed by atoms with E-state index in [1.54, 1.807) is 0 Å². The molecular weight excluding hydrogens is 669 g/mol. The van der Waals surface area contributed by atoms with E-state index in [-0.39, 0.29) is 53.8 Å². The number of esters is 3. The highest BCUT2D eigenvalue weighted by Crippen LogP contribution is 2.64. The zero-order valence-corrected chi connectivity index (χ0v) is 32.4. The second-order valence-corrected chi connectivity index (χ2v) is 20.5. The minimum atomic E-state index is -2.54. The zero-order valence-electron chi connectivity index (χ0n) is 31.4. The highest BCUT2D eigenvalue weighted by Gasteiger charge is 2.72. The number of ether oxygens (including phenoxy) is 3. The fraction of sp³-hybridized carbons (Fsp3) is 0.641. The van der Waals surface area contributed by atoms with Gasteiger partial charge in [-0.1, -0.05) is 64.0 Å². The number of nitrogens with zero attached hydrogens (tertiary/aromatic N) is 2. The number of hydrogen-bond donors (Lipinski definition) is 0. The number of hydrogen-bond acceptors (Lipinski definition) is 9. The number of allylic oxidation sites excluding steroid dienone is 5. The molecule has 4 aliphatic rings. The smallest absolute Gasteiger partial charge is 0.343 e. The largest absolute Gasteiger partial charge is 0.428 e. The summed E-state index contributed by atoms with van der Waals surface area (Å²) in [5.41, 5.74) is 8.18. The minimum absolute atomic E-state index is 0.00214. The van der Waals surface area contributed by atoms with E-state index in [0.29, 0.717) is 18.4 Å². The maximum atomic E-state index is 14.2. The van der Waals surface area contributed by atoms with Crippen LogP contribution in [-0.4, -0.2) is 67.3 Å². The maximum absolute atomic E-state index is 14.2. The van der Waals surface area contributed by atoms with Gasteiger partial charge in [-0.15, -0.1) is 0 Å². The molecule has 1 saturated heterocycles. The van der Waals surface area contributed by atoms with Gasteiger partial charge in [-0.2, -0.15) is 4.79 Å². The number of Topliss-reactive ketones (excluding diaryl/α,β-unsaturated/α-hetero) is 2. The summed E-state index contributed by atoms with van der Waals surface area (Å²) in [4.78, 5) is 71.2. The van der Waals surface area contributed by atoms with Crippen LogP contribution in [0.15, 0.2) is 47.1 Å². The van der Waals surface area contributed by atoms with Crippen LogP contribution in [0.3, 0.4) is 0 Å². The molecule has 51 heavy (non-hydrogen) atoms. The normalized spacial score (nSPS) is 27.9. The molecular formula is C39H54N2O9Si. The lowest BCUT2D eigenvalue weighted by molar-refractivity contribution is -0.227. The fourth-order valence-electron chi connectivity index (χ4n) is 7.89. The van der Waals surface area contributed by atoms with Crippen LogP contribution in [-0.2, 0) is 42.6 Å². The van der Waals surface area contributed by atoms with Crippen LogP contribution in [0.1, 0.15) is 99.3 Å². The van der Waals surface area contributed by atoms with Gasteiger partial charge in [0.1, 0.15) is 6.10 Å². The Hall–Kier alpha value is -3.57. The van der Waals surface area contributed by atoms with Crippen LogP contribution in [0, 0.1) is 23.2 Å². The molecule has 0 N–H and O–H groups in total. The van der Waals surface area contributed by atoms with Gasteiger partial charge in [0, 0.05) is 18.9 Å². The molecule has 12 heteroatoms. The first-order valence-electron chi connectivity index (χ1n) is 18.2. The second kappa shape index (κ2) is 16.0. The van der Waals surface area contributed by atoms with Gasteiger partial charge in [0.25, 0.3) is 0 Å². The molecule has 11 nitrogen and oxygen atoms in total. The zero-order chi connectivity index (χ0) is 37.8. The lowest BCUT2D eigenvalue weighted by Gasteiger charge is -2.48. The minimum Gasteiger partial charge on any atom is -0.428 e. The van der Waals surface area contributed by atoms with Gasteiger partial charge in [0.15, 0.2) is 14.1 Å². The monoisotopic (exact) mass is 722 g/mol. The SMILES string of the molecule is C/C=C\CCCCC[C@@H]1C=C2C3(OC(C)=O)OC[C@@]2(C(=O)C=[N+]=[N-])CC2=C(C(=O)OC2=O)C3[C@H]1C[C@@H](O[Si](C)(C)C(C)(C)C)C(=O)CC/C=C/C. The van der Waals surface area contributed by atoms with Crippen LogP contribution in [0.25, 0.3) is 5.53 Å². The molecule has 2 heterocycles. The number of rotatable bonds is 17. The van der Waals surface area contributed by atoms with Gasteiger partial charge < -0.3 is 24.2 Å². The summed E-state index contributed by atoms with van der Waals surface area (Å²) >= 11 is 0. The molecule has 1 fully saturated rings. The third-order valence-electron chi connectivity index (χ3n) is 11.4. The Morgan fingerprint density at radius 2 is 1.76 bits per heavy atom. The third kappa shape index (κ3) is 7.94. The summed E-state index contributed by atoms with van der Waals surface area (Å²) in [6.07, 6.45) is 14.7. The van der Waals surface area contributed by atoms with Crippen molar-refractivity contribution in [2.75, 3.05) is 6.61 Å². The molecule has 0 aromatic rings. The molecule has 0 radical (unpaired) electrons. The molecule has 2 aliphatic carbocycles. The molecule has 2 unspecified atom stereocenters. The lowest BCUT2D eigenvalue weighted by Crippen LogP contribution is -2.55. The molecule has 6 atom stereocenters. The van der Waals surface area contributed by atoms with E-state index >= 15 is 0 Å². The standard InChI is InChI=1S/C39H54N2O9Si/c1-9-11-13-14-15-17-18-26-20-31-38(32(44)23-41-40)22-28-33(36(46)48-35(28)45)34(39(31,47-24-38)49-25(3)42)27(26)21-30(29(43)19-16-12-10-2)50-51(7,8)37(4,5)6/h9-12,20,23,26-27,30,34H,13-19,21-22,24H2,1-8H3/b11-9-,12-10+/t26-,27+,30-,34?,38+,39?/m1/s1. The van der Waals surface area contributed by atoms with Crippen molar-refractivity contribution in [1.82, 2.24) is 0 Å². The summed E-state index contributed by atoms with van der Waals surface area (Å²) in [6, 6.07) is 0. The first-order chi connectivity index (χ1) is 24.0. The van der Waals surface area contributed by atoms with Gasteiger partial charge in [-0.3, -0.25) is 14.4 Å². The Morgan fingerprint density at radius 1 is 1.08 bits per heavy atom. The molecule has 0 amide bonds. The Balaban J connectivity index is 1.97. The maximum Gasteiger partial charge on any atom is 0.343 e.